The topological polar surface area (TPSA) is 62.8 Å². The van der Waals surface area contributed by atoms with Crippen molar-refractivity contribution in [2.45, 2.75) is 18.1 Å². The predicted octanol–water partition coefficient (Wildman–Crippen LogP) is 7.38. The van der Waals surface area contributed by atoms with Crippen LogP contribution in [0.2, 0.25) is 5.02 Å². The molecule has 0 saturated carbocycles. The van der Waals surface area contributed by atoms with Crippen molar-refractivity contribution in [1.82, 2.24) is 15.0 Å². The fourth-order valence-electron chi connectivity index (χ4n) is 4.43. The summed E-state index contributed by atoms with van der Waals surface area (Å²) in [7, 11) is 1.54. The number of nitrogens with one attached hydrogen (secondary N) is 2. The van der Waals surface area contributed by atoms with Crippen LogP contribution in [-0.2, 0) is 18.1 Å². The summed E-state index contributed by atoms with van der Waals surface area (Å²) in [5, 5.41) is 3.62. The first-order valence-electron chi connectivity index (χ1n) is 11.5. The molecule has 0 aliphatic carbocycles. The zero-order valence-corrected chi connectivity index (χ0v) is 20.7. The van der Waals surface area contributed by atoms with E-state index in [9.17, 15) is 17.6 Å². The Balaban J connectivity index is 1.76. The number of hydrogen-bond acceptors (Lipinski definition) is 4. The number of hydrogen-bond donors (Lipinski definition) is 2. The largest absolute Gasteiger partial charge is 0.497 e. The van der Waals surface area contributed by atoms with Crippen LogP contribution in [0.5, 0.6) is 5.75 Å². The first-order valence-corrected chi connectivity index (χ1v) is 11.9. The maximum absolute atomic E-state index is 14.8. The van der Waals surface area contributed by atoms with Gasteiger partial charge in [-0.15, -0.1) is 0 Å². The number of imidazole rings is 1. The smallest absolute Gasteiger partial charge is 0.416 e. The third kappa shape index (κ3) is 5.15. The molecular formula is C28H21ClF4N4O. The lowest BCUT2D eigenvalue weighted by Crippen LogP contribution is -2.40. The lowest BCUT2D eigenvalue weighted by atomic mass is 9.80. The maximum atomic E-state index is 14.8. The summed E-state index contributed by atoms with van der Waals surface area (Å²) in [6, 6.07) is 20.0. The molecule has 0 amide bonds. The van der Waals surface area contributed by atoms with E-state index in [1.165, 1.54) is 13.3 Å². The number of anilines is 1. The van der Waals surface area contributed by atoms with Crippen LogP contribution in [0.4, 0.5) is 23.5 Å². The number of benzene rings is 3. The maximum Gasteiger partial charge on any atom is 0.416 e. The fraction of sp³-hybridized carbons (Fsp3) is 0.143. The van der Waals surface area contributed by atoms with Gasteiger partial charge in [-0.05, 0) is 53.6 Å². The van der Waals surface area contributed by atoms with Crippen LogP contribution in [0.25, 0.3) is 11.0 Å². The van der Waals surface area contributed by atoms with Gasteiger partial charge in [0.1, 0.15) is 17.1 Å². The van der Waals surface area contributed by atoms with E-state index in [4.69, 9.17) is 16.3 Å². The highest BCUT2D eigenvalue weighted by Crippen LogP contribution is 2.40. The summed E-state index contributed by atoms with van der Waals surface area (Å²) in [5.74, 6) is -0.182. The van der Waals surface area contributed by atoms with E-state index in [0.29, 0.717) is 33.6 Å². The Morgan fingerprint density at radius 1 is 0.947 bits per heavy atom. The summed E-state index contributed by atoms with van der Waals surface area (Å²) in [5.41, 5.74) is -0.251. The van der Waals surface area contributed by atoms with E-state index in [2.05, 4.69) is 20.3 Å². The van der Waals surface area contributed by atoms with Crippen LogP contribution in [-0.4, -0.2) is 22.1 Å². The van der Waals surface area contributed by atoms with Crippen molar-refractivity contribution in [3.63, 3.8) is 0 Å². The summed E-state index contributed by atoms with van der Waals surface area (Å²) in [4.78, 5) is 12.2. The Bertz CT molecular complexity index is 1570. The first-order chi connectivity index (χ1) is 18.2. The standard InChI is InChI=1S/C28H21ClF4N4O/c1-38-22-8-9-23-24(14-22)36-26(35-23)37-27(15-17-5-3-2-4-6-17,25-10-7-20(29)16-34-25)18-11-19(28(31,32)33)13-21(30)12-18/h2-14,16H,15H2,1H3,(H2,35,36,37). The number of aromatic amines is 1. The highest BCUT2D eigenvalue weighted by molar-refractivity contribution is 6.30. The Morgan fingerprint density at radius 2 is 1.71 bits per heavy atom. The number of nitrogens with zero attached hydrogens (tertiary/aromatic N) is 2. The lowest BCUT2D eigenvalue weighted by Gasteiger charge is -2.35. The van der Waals surface area contributed by atoms with Crippen molar-refractivity contribution in [1.29, 1.82) is 0 Å². The normalized spacial score (nSPS) is 13.3. The quantitative estimate of drug-likeness (QED) is 0.211. The Kier molecular flexibility index (Phi) is 6.71. The molecule has 0 aliphatic rings. The minimum Gasteiger partial charge on any atom is -0.497 e. The molecule has 0 bridgehead atoms. The molecule has 5 rings (SSSR count). The third-order valence-electron chi connectivity index (χ3n) is 6.22. The highest BCUT2D eigenvalue weighted by atomic mass is 35.5. The van der Waals surface area contributed by atoms with Crippen LogP contribution >= 0.6 is 11.6 Å². The summed E-state index contributed by atoms with van der Waals surface area (Å²) in [6.45, 7) is 0. The molecule has 194 valence electrons. The molecule has 1 unspecified atom stereocenters. The van der Waals surface area contributed by atoms with Crippen molar-refractivity contribution in [3.8, 4) is 5.75 Å². The van der Waals surface area contributed by atoms with E-state index in [1.807, 2.05) is 30.3 Å². The number of rotatable bonds is 7. The van der Waals surface area contributed by atoms with Crippen molar-refractivity contribution < 1.29 is 22.3 Å². The second-order valence-electron chi connectivity index (χ2n) is 8.75. The van der Waals surface area contributed by atoms with Crippen LogP contribution in [0.15, 0.2) is 85.1 Å². The number of fused-ring (bicyclic) bond motifs is 1. The molecule has 0 aliphatic heterocycles. The molecule has 2 heterocycles. The van der Waals surface area contributed by atoms with E-state index in [-0.39, 0.29) is 17.9 Å². The summed E-state index contributed by atoms with van der Waals surface area (Å²) >= 11 is 6.10. The molecule has 0 saturated heterocycles. The number of H-pyrrole nitrogens is 1. The van der Waals surface area contributed by atoms with Crippen LogP contribution < -0.4 is 10.1 Å². The Morgan fingerprint density at radius 3 is 2.39 bits per heavy atom. The van der Waals surface area contributed by atoms with Crippen molar-refractivity contribution in [3.05, 3.63) is 118 Å². The molecule has 38 heavy (non-hydrogen) atoms. The van der Waals surface area contributed by atoms with Gasteiger partial charge in [0, 0.05) is 18.7 Å². The Hall–Kier alpha value is -4.11. The highest BCUT2D eigenvalue weighted by Gasteiger charge is 2.40. The van der Waals surface area contributed by atoms with Gasteiger partial charge in [0.25, 0.3) is 0 Å². The van der Waals surface area contributed by atoms with Crippen LogP contribution in [0.1, 0.15) is 22.4 Å². The average molecular weight is 541 g/mol. The van der Waals surface area contributed by atoms with Gasteiger partial charge in [-0.1, -0.05) is 41.9 Å². The first kappa shape index (κ1) is 25.5. The molecular weight excluding hydrogens is 520 g/mol. The monoisotopic (exact) mass is 540 g/mol. The molecule has 10 heteroatoms. The summed E-state index contributed by atoms with van der Waals surface area (Å²) < 4.78 is 61.5. The van der Waals surface area contributed by atoms with Crippen LogP contribution in [0.3, 0.4) is 0 Å². The second-order valence-corrected chi connectivity index (χ2v) is 9.19. The zero-order chi connectivity index (χ0) is 26.9. The van der Waals surface area contributed by atoms with Crippen molar-refractivity contribution in [2.24, 2.45) is 0 Å². The van der Waals surface area contributed by atoms with Gasteiger partial charge in [-0.25, -0.2) is 9.37 Å². The number of halogens is 5. The van der Waals surface area contributed by atoms with Crippen molar-refractivity contribution in [2.75, 3.05) is 12.4 Å². The minimum absolute atomic E-state index is 0.0153. The van der Waals surface area contributed by atoms with Gasteiger partial charge >= 0.3 is 6.18 Å². The van der Waals surface area contributed by atoms with Gasteiger partial charge in [0.15, 0.2) is 0 Å². The second kappa shape index (κ2) is 9.98. The molecule has 2 N–H and O–H groups in total. The van der Waals surface area contributed by atoms with E-state index >= 15 is 0 Å². The molecule has 5 aromatic rings. The number of aromatic nitrogens is 3. The van der Waals surface area contributed by atoms with Crippen LogP contribution in [0, 0.1) is 5.82 Å². The molecule has 0 radical (unpaired) electrons. The minimum atomic E-state index is -4.77. The number of methoxy groups -OCH3 is 1. The molecule has 0 fully saturated rings. The van der Waals surface area contributed by atoms with E-state index in [1.54, 1.807) is 30.3 Å². The molecule has 0 spiro atoms. The Labute approximate surface area is 220 Å². The molecule has 5 nitrogen and oxygen atoms in total. The lowest BCUT2D eigenvalue weighted by molar-refractivity contribution is -0.137. The van der Waals surface area contributed by atoms with Gasteiger partial charge in [-0.2, -0.15) is 13.2 Å². The molecule has 3 aromatic carbocycles. The van der Waals surface area contributed by atoms with Crippen molar-refractivity contribution >= 4 is 28.6 Å². The SMILES string of the molecule is COc1ccc2nc(NC(Cc3ccccc3)(c3cc(F)cc(C(F)(F)F)c3)c3ccc(Cl)cn3)[nH]c2c1. The van der Waals surface area contributed by atoms with Gasteiger partial charge in [0.2, 0.25) is 5.95 Å². The predicted molar refractivity (Wildman–Crippen MR) is 138 cm³/mol. The molecule has 1 atom stereocenters. The van der Waals surface area contributed by atoms with E-state index in [0.717, 1.165) is 17.7 Å². The summed E-state index contributed by atoms with van der Waals surface area (Å²) in [6.07, 6.45) is -3.26. The van der Waals surface area contributed by atoms with Gasteiger partial charge < -0.3 is 15.0 Å². The van der Waals surface area contributed by atoms with E-state index < -0.39 is 23.1 Å². The average Bonchev–Trinajstić information content (AvgIpc) is 3.29. The number of alkyl halides is 3. The zero-order valence-electron chi connectivity index (χ0n) is 20.0. The third-order valence-corrected chi connectivity index (χ3v) is 6.44. The van der Waals surface area contributed by atoms with Gasteiger partial charge in [0.05, 0.1) is 34.4 Å². The number of ether oxygens (including phenoxy) is 1. The molecule has 2 aromatic heterocycles. The van der Waals surface area contributed by atoms with Gasteiger partial charge in [-0.3, -0.25) is 4.98 Å². The fourth-order valence-corrected chi connectivity index (χ4v) is 4.54. The number of pyridine rings is 1.